The number of carbonyl (C=O) groups excluding carboxylic acids is 1. The van der Waals surface area contributed by atoms with E-state index in [2.05, 4.69) is 15.4 Å². The van der Waals surface area contributed by atoms with E-state index in [0.29, 0.717) is 43.1 Å². The van der Waals surface area contributed by atoms with Crippen molar-refractivity contribution in [3.8, 4) is 17.3 Å². The summed E-state index contributed by atoms with van der Waals surface area (Å²) in [6, 6.07) is 15.5. The molecule has 1 aromatic heterocycles. The molecule has 1 saturated heterocycles. The molecule has 2 aliphatic rings. The van der Waals surface area contributed by atoms with E-state index in [1.54, 1.807) is 12.1 Å². The molecule has 1 saturated carbocycles. The minimum Gasteiger partial charge on any atom is -0.378 e. The zero-order chi connectivity index (χ0) is 26.2. The summed E-state index contributed by atoms with van der Waals surface area (Å²) in [5.41, 5.74) is 4.21. The van der Waals surface area contributed by atoms with Gasteiger partial charge in [0.1, 0.15) is 6.07 Å². The number of benzene rings is 2. The van der Waals surface area contributed by atoms with E-state index >= 15 is 0 Å². The lowest BCUT2D eigenvalue weighted by Crippen LogP contribution is -2.40. The first-order valence-electron chi connectivity index (χ1n) is 12.8. The minimum atomic E-state index is -3.43. The molecule has 0 bridgehead atoms. The van der Waals surface area contributed by atoms with Gasteiger partial charge in [0.15, 0.2) is 0 Å². The molecular weight excluding hydrogens is 488 g/mol. The van der Waals surface area contributed by atoms with E-state index in [1.807, 2.05) is 49.1 Å². The van der Waals surface area contributed by atoms with Crippen LogP contribution in [0.25, 0.3) is 22.2 Å². The first-order chi connectivity index (χ1) is 17.8. The number of aromatic nitrogens is 1. The van der Waals surface area contributed by atoms with Crippen LogP contribution in [0.15, 0.2) is 42.5 Å². The summed E-state index contributed by atoms with van der Waals surface area (Å²) < 4.78 is 35.0. The van der Waals surface area contributed by atoms with Crippen LogP contribution in [-0.4, -0.2) is 55.8 Å². The van der Waals surface area contributed by atoms with E-state index < -0.39 is 10.0 Å². The third-order valence-electron chi connectivity index (χ3n) is 7.09. The number of rotatable bonds is 7. The van der Waals surface area contributed by atoms with Gasteiger partial charge >= 0.3 is 0 Å². The zero-order valence-corrected chi connectivity index (χ0v) is 22.1. The van der Waals surface area contributed by atoms with Crippen LogP contribution < -0.4 is 4.72 Å². The maximum Gasteiger partial charge on any atom is 0.254 e. The maximum atomic E-state index is 13.2. The molecule has 194 valence electrons. The van der Waals surface area contributed by atoms with Crippen molar-refractivity contribution in [3.05, 3.63) is 53.6 Å². The molecule has 1 aliphatic heterocycles. The first-order valence-corrected chi connectivity index (χ1v) is 14.5. The van der Waals surface area contributed by atoms with Crippen molar-refractivity contribution in [2.24, 2.45) is 5.92 Å². The number of carbonyl (C=O) groups is 1. The zero-order valence-electron chi connectivity index (χ0n) is 21.2. The van der Waals surface area contributed by atoms with E-state index in [-0.39, 0.29) is 23.6 Å². The largest absolute Gasteiger partial charge is 0.378 e. The molecule has 5 rings (SSSR count). The Hall–Kier alpha value is -3.35. The van der Waals surface area contributed by atoms with E-state index in [1.165, 1.54) is 0 Å². The lowest BCUT2D eigenvalue weighted by atomic mass is 9.92. The highest BCUT2D eigenvalue weighted by molar-refractivity contribution is 7.92. The van der Waals surface area contributed by atoms with Gasteiger partial charge < -0.3 is 14.2 Å². The molecule has 8 nitrogen and oxygen atoms in total. The predicted molar refractivity (Wildman–Crippen MR) is 144 cm³/mol. The lowest BCUT2D eigenvalue weighted by Gasteiger charge is -2.30. The highest BCUT2D eigenvalue weighted by atomic mass is 32.2. The number of ether oxygens (including phenoxy) is 1. The molecule has 2 heterocycles. The molecular formula is C28H32N4O4S. The van der Waals surface area contributed by atoms with Crippen LogP contribution >= 0.6 is 0 Å². The minimum absolute atomic E-state index is 0.0214. The Kier molecular flexibility index (Phi) is 6.97. The Morgan fingerprint density at radius 3 is 2.43 bits per heavy atom. The van der Waals surface area contributed by atoms with Crippen molar-refractivity contribution in [2.75, 3.05) is 36.8 Å². The second kappa shape index (κ2) is 10.2. The van der Waals surface area contributed by atoms with Gasteiger partial charge in [-0.05, 0) is 55.0 Å². The summed E-state index contributed by atoms with van der Waals surface area (Å²) in [7, 11) is -3.43. The number of nitriles is 1. The molecule has 37 heavy (non-hydrogen) atoms. The number of nitrogens with one attached hydrogen (secondary N) is 1. The average molecular weight is 521 g/mol. The topological polar surface area (TPSA) is 104 Å². The number of morpholine rings is 1. The number of amides is 1. The lowest BCUT2D eigenvalue weighted by molar-refractivity contribution is 0.0303. The number of sulfonamides is 1. The Morgan fingerprint density at radius 1 is 1.14 bits per heavy atom. The summed E-state index contributed by atoms with van der Waals surface area (Å²) in [4.78, 5) is 15.0. The molecule has 0 radical (unpaired) electrons. The Bertz CT molecular complexity index is 1460. The average Bonchev–Trinajstić information content (AvgIpc) is 3.15. The van der Waals surface area contributed by atoms with Crippen LogP contribution in [0.4, 0.5) is 5.69 Å². The number of hydrogen-bond acceptors (Lipinski definition) is 5. The van der Waals surface area contributed by atoms with Crippen molar-refractivity contribution < 1.29 is 17.9 Å². The first kappa shape index (κ1) is 25.3. The molecule has 0 spiro atoms. The predicted octanol–water partition coefficient (Wildman–Crippen LogP) is 4.78. The van der Waals surface area contributed by atoms with Crippen molar-refractivity contribution in [2.45, 2.75) is 39.2 Å². The third-order valence-corrected chi connectivity index (χ3v) is 8.74. The van der Waals surface area contributed by atoms with Gasteiger partial charge in [0.05, 0.1) is 35.7 Å². The molecule has 9 heteroatoms. The van der Waals surface area contributed by atoms with E-state index in [4.69, 9.17) is 4.74 Å². The highest BCUT2D eigenvalue weighted by Gasteiger charge is 2.29. The van der Waals surface area contributed by atoms with Gasteiger partial charge in [-0.2, -0.15) is 5.26 Å². The fourth-order valence-electron chi connectivity index (χ4n) is 5.17. The van der Waals surface area contributed by atoms with Crippen LogP contribution in [0.1, 0.15) is 55.1 Å². The van der Waals surface area contributed by atoms with Crippen LogP contribution in [0.2, 0.25) is 0 Å². The van der Waals surface area contributed by atoms with Gasteiger partial charge in [-0.3, -0.25) is 9.52 Å². The number of anilines is 1. The molecule has 1 aliphatic carbocycles. The molecule has 0 atom stereocenters. The van der Waals surface area contributed by atoms with Gasteiger partial charge in [0.2, 0.25) is 10.0 Å². The van der Waals surface area contributed by atoms with Gasteiger partial charge in [-0.1, -0.05) is 32.0 Å². The van der Waals surface area contributed by atoms with Crippen molar-refractivity contribution in [3.63, 3.8) is 0 Å². The van der Waals surface area contributed by atoms with Crippen molar-refractivity contribution in [1.82, 2.24) is 9.47 Å². The Labute approximate surface area is 217 Å². The number of fused-ring (bicyclic) bond motifs is 1. The summed E-state index contributed by atoms with van der Waals surface area (Å²) in [6.07, 6.45) is 3.14. The summed E-state index contributed by atoms with van der Waals surface area (Å²) in [6.45, 7) is 5.96. The fourth-order valence-corrected chi connectivity index (χ4v) is 6.63. The van der Waals surface area contributed by atoms with Crippen molar-refractivity contribution in [1.29, 1.82) is 5.26 Å². The van der Waals surface area contributed by atoms with Gasteiger partial charge in [-0.15, -0.1) is 0 Å². The quantitative estimate of drug-likeness (QED) is 0.483. The van der Waals surface area contributed by atoms with Gasteiger partial charge in [-0.25, -0.2) is 8.42 Å². The van der Waals surface area contributed by atoms with Crippen LogP contribution in [-0.2, 0) is 14.8 Å². The SMILES string of the molecule is CC(C)CS(=O)(=O)Nc1ccc(-c2c(C#N)c3ccc(C(=O)N4CCOCC4)cc3n2C2CCC2)cc1. The smallest absolute Gasteiger partial charge is 0.254 e. The molecule has 1 amide bonds. The monoisotopic (exact) mass is 520 g/mol. The van der Waals surface area contributed by atoms with Gasteiger partial charge in [0.25, 0.3) is 5.91 Å². The standard InChI is InChI=1S/C28H32N4O4S/c1-19(2)18-37(34,35)30-22-9-6-20(7-10-22)27-25(17-29)24-11-8-21(28(33)31-12-14-36-15-13-31)16-26(24)32(27)23-4-3-5-23/h6-11,16,19,23,30H,3-5,12-15,18H2,1-2H3. The van der Waals surface area contributed by atoms with Crippen molar-refractivity contribution >= 4 is 32.5 Å². The van der Waals surface area contributed by atoms with E-state index in [0.717, 1.165) is 41.4 Å². The molecule has 2 aromatic carbocycles. The summed E-state index contributed by atoms with van der Waals surface area (Å²) >= 11 is 0. The fraction of sp³-hybridized carbons (Fsp3) is 0.429. The molecule has 2 fully saturated rings. The second-order valence-corrected chi connectivity index (χ2v) is 12.0. The normalized spacial score (nSPS) is 16.5. The van der Waals surface area contributed by atoms with Crippen LogP contribution in [0.3, 0.4) is 0 Å². The summed E-state index contributed by atoms with van der Waals surface area (Å²) in [5, 5.41) is 11.0. The molecule has 0 unspecified atom stereocenters. The molecule has 3 aromatic rings. The Morgan fingerprint density at radius 2 is 1.84 bits per heavy atom. The second-order valence-electron chi connectivity index (χ2n) is 10.3. The van der Waals surface area contributed by atoms with Gasteiger partial charge in [0, 0.05) is 35.8 Å². The molecule has 1 N–H and O–H groups in total. The van der Waals surface area contributed by atoms with Crippen LogP contribution in [0, 0.1) is 17.2 Å². The van der Waals surface area contributed by atoms with Crippen LogP contribution in [0.5, 0.6) is 0 Å². The number of nitrogens with zero attached hydrogens (tertiary/aromatic N) is 3. The van der Waals surface area contributed by atoms with E-state index in [9.17, 15) is 18.5 Å². The Balaban J connectivity index is 1.56. The third kappa shape index (κ3) is 5.09. The number of hydrogen-bond donors (Lipinski definition) is 1. The summed E-state index contributed by atoms with van der Waals surface area (Å²) in [5.74, 6) is 0.0483. The maximum absolute atomic E-state index is 13.2. The highest BCUT2D eigenvalue weighted by Crippen LogP contribution is 2.43.